The normalized spacial score (nSPS) is 16.2. The molecule has 0 radical (unpaired) electrons. The minimum atomic E-state index is -0.118. The second-order valence-electron chi connectivity index (χ2n) is 5.78. The van der Waals surface area contributed by atoms with E-state index in [1.54, 1.807) is 0 Å². The molecule has 0 spiro atoms. The Balaban J connectivity index is 1.61. The van der Waals surface area contributed by atoms with Crippen molar-refractivity contribution < 1.29 is 14.3 Å². The summed E-state index contributed by atoms with van der Waals surface area (Å²) < 4.78 is 11.3. The monoisotopic (exact) mass is 311 g/mol. The van der Waals surface area contributed by atoms with E-state index in [0.717, 1.165) is 34.6 Å². The van der Waals surface area contributed by atoms with Crippen LogP contribution in [-0.2, 0) is 4.79 Å². The maximum Gasteiger partial charge on any atom is 0.258 e. The SMILES string of the molecule is Cc1cccc(OCC(=O)NC2CCOc3ccccc32)c1C. The standard InChI is InChI=1S/C19H21NO3/c1-13-6-5-9-17(14(13)2)23-12-19(21)20-16-10-11-22-18-8-4-3-7-15(16)18/h3-9,16H,10-12H2,1-2H3,(H,20,21). The lowest BCUT2D eigenvalue weighted by molar-refractivity contribution is -0.124. The van der Waals surface area contributed by atoms with Crippen molar-refractivity contribution in [2.45, 2.75) is 26.3 Å². The topological polar surface area (TPSA) is 47.6 Å². The van der Waals surface area contributed by atoms with Crippen molar-refractivity contribution in [2.24, 2.45) is 0 Å². The third-order valence-electron chi connectivity index (χ3n) is 4.21. The number of para-hydroxylation sites is 1. The third-order valence-corrected chi connectivity index (χ3v) is 4.21. The molecule has 0 saturated carbocycles. The Hall–Kier alpha value is -2.49. The van der Waals surface area contributed by atoms with Crippen LogP contribution in [0.2, 0.25) is 0 Å². The van der Waals surface area contributed by atoms with E-state index in [0.29, 0.717) is 6.61 Å². The van der Waals surface area contributed by atoms with Crippen molar-refractivity contribution in [1.82, 2.24) is 5.32 Å². The third kappa shape index (κ3) is 3.47. The minimum absolute atomic E-state index is 0.0177. The number of ether oxygens (including phenoxy) is 2. The number of hydrogen-bond acceptors (Lipinski definition) is 3. The zero-order chi connectivity index (χ0) is 16.2. The van der Waals surface area contributed by atoms with Gasteiger partial charge in [0, 0.05) is 12.0 Å². The molecular weight excluding hydrogens is 290 g/mol. The Labute approximate surface area is 136 Å². The summed E-state index contributed by atoms with van der Waals surface area (Å²) in [5.41, 5.74) is 3.25. The molecule has 1 aliphatic heterocycles. The molecule has 1 amide bonds. The summed E-state index contributed by atoms with van der Waals surface area (Å²) in [4.78, 5) is 12.2. The predicted octanol–water partition coefficient (Wildman–Crippen LogP) is 3.32. The fourth-order valence-electron chi connectivity index (χ4n) is 2.75. The highest BCUT2D eigenvalue weighted by atomic mass is 16.5. The first-order valence-corrected chi connectivity index (χ1v) is 7.85. The highest BCUT2D eigenvalue weighted by molar-refractivity contribution is 5.78. The Bertz CT molecular complexity index is 712. The number of rotatable bonds is 4. The molecule has 2 aromatic rings. The fourth-order valence-corrected chi connectivity index (χ4v) is 2.75. The summed E-state index contributed by atoms with van der Waals surface area (Å²) in [7, 11) is 0. The largest absolute Gasteiger partial charge is 0.493 e. The molecular formula is C19H21NO3. The first-order valence-electron chi connectivity index (χ1n) is 7.85. The number of nitrogens with one attached hydrogen (secondary N) is 1. The van der Waals surface area contributed by atoms with Crippen molar-refractivity contribution in [2.75, 3.05) is 13.2 Å². The Kier molecular flexibility index (Phi) is 4.51. The second kappa shape index (κ2) is 6.73. The Morgan fingerprint density at radius 3 is 2.91 bits per heavy atom. The van der Waals surface area contributed by atoms with Crippen LogP contribution < -0.4 is 14.8 Å². The molecule has 0 aromatic heterocycles. The van der Waals surface area contributed by atoms with Crippen LogP contribution in [0.3, 0.4) is 0 Å². The molecule has 4 nitrogen and oxygen atoms in total. The van der Waals surface area contributed by atoms with E-state index in [4.69, 9.17) is 9.47 Å². The van der Waals surface area contributed by atoms with E-state index < -0.39 is 0 Å². The number of carbonyl (C=O) groups excluding carboxylic acids is 1. The van der Waals surface area contributed by atoms with Gasteiger partial charge >= 0.3 is 0 Å². The average molecular weight is 311 g/mol. The van der Waals surface area contributed by atoms with Crippen LogP contribution in [0.4, 0.5) is 0 Å². The zero-order valence-electron chi connectivity index (χ0n) is 13.5. The van der Waals surface area contributed by atoms with Gasteiger partial charge in [0.05, 0.1) is 12.6 Å². The minimum Gasteiger partial charge on any atom is -0.493 e. The van der Waals surface area contributed by atoms with Gasteiger partial charge in [0.1, 0.15) is 11.5 Å². The quantitative estimate of drug-likeness (QED) is 0.942. The molecule has 4 heteroatoms. The van der Waals surface area contributed by atoms with E-state index in [9.17, 15) is 4.79 Å². The molecule has 1 atom stereocenters. The highest BCUT2D eigenvalue weighted by Crippen LogP contribution is 2.31. The van der Waals surface area contributed by atoms with Crippen LogP contribution >= 0.6 is 0 Å². The number of aryl methyl sites for hydroxylation is 1. The summed E-state index contributed by atoms with van der Waals surface area (Å²) in [6.07, 6.45) is 0.770. The van der Waals surface area contributed by atoms with Gasteiger partial charge in [0.15, 0.2) is 6.61 Å². The first-order chi connectivity index (χ1) is 11.1. The molecule has 1 unspecified atom stereocenters. The second-order valence-corrected chi connectivity index (χ2v) is 5.78. The molecule has 0 bridgehead atoms. The van der Waals surface area contributed by atoms with Crippen LogP contribution in [0, 0.1) is 13.8 Å². The fraction of sp³-hybridized carbons (Fsp3) is 0.316. The molecule has 1 heterocycles. The number of amides is 1. The Morgan fingerprint density at radius 1 is 1.22 bits per heavy atom. The lowest BCUT2D eigenvalue weighted by Gasteiger charge is -2.26. The van der Waals surface area contributed by atoms with Gasteiger partial charge in [-0.1, -0.05) is 30.3 Å². The van der Waals surface area contributed by atoms with Gasteiger partial charge in [-0.05, 0) is 37.1 Å². The van der Waals surface area contributed by atoms with E-state index in [-0.39, 0.29) is 18.6 Å². The van der Waals surface area contributed by atoms with Gasteiger partial charge in [0.2, 0.25) is 0 Å². The zero-order valence-corrected chi connectivity index (χ0v) is 13.5. The van der Waals surface area contributed by atoms with E-state index in [1.165, 1.54) is 0 Å². The predicted molar refractivity (Wildman–Crippen MR) is 88.8 cm³/mol. The summed E-state index contributed by atoms with van der Waals surface area (Å²) in [6, 6.07) is 13.6. The molecule has 120 valence electrons. The van der Waals surface area contributed by atoms with Crippen LogP contribution in [0.15, 0.2) is 42.5 Å². The van der Waals surface area contributed by atoms with Gasteiger partial charge < -0.3 is 14.8 Å². The molecule has 0 saturated heterocycles. The van der Waals surface area contributed by atoms with Crippen molar-refractivity contribution in [3.8, 4) is 11.5 Å². The highest BCUT2D eigenvalue weighted by Gasteiger charge is 2.22. The van der Waals surface area contributed by atoms with Crippen molar-refractivity contribution in [3.05, 3.63) is 59.2 Å². The van der Waals surface area contributed by atoms with E-state index >= 15 is 0 Å². The smallest absolute Gasteiger partial charge is 0.258 e. The molecule has 3 rings (SSSR count). The molecule has 1 N–H and O–H groups in total. The first kappa shape index (κ1) is 15.4. The average Bonchev–Trinajstić information content (AvgIpc) is 2.56. The van der Waals surface area contributed by atoms with Crippen LogP contribution in [0.25, 0.3) is 0 Å². The lowest BCUT2D eigenvalue weighted by Crippen LogP contribution is -2.35. The van der Waals surface area contributed by atoms with Crippen LogP contribution in [-0.4, -0.2) is 19.1 Å². The molecule has 23 heavy (non-hydrogen) atoms. The van der Waals surface area contributed by atoms with Crippen LogP contribution in [0.5, 0.6) is 11.5 Å². The van der Waals surface area contributed by atoms with Gasteiger partial charge in [-0.15, -0.1) is 0 Å². The maximum absolute atomic E-state index is 12.2. The summed E-state index contributed by atoms with van der Waals surface area (Å²) in [6.45, 7) is 4.65. The summed E-state index contributed by atoms with van der Waals surface area (Å²) in [5.74, 6) is 1.49. The summed E-state index contributed by atoms with van der Waals surface area (Å²) >= 11 is 0. The maximum atomic E-state index is 12.2. The van der Waals surface area contributed by atoms with Gasteiger partial charge in [0.25, 0.3) is 5.91 Å². The Morgan fingerprint density at radius 2 is 2.04 bits per heavy atom. The lowest BCUT2D eigenvalue weighted by atomic mass is 10.0. The van der Waals surface area contributed by atoms with Crippen molar-refractivity contribution in [1.29, 1.82) is 0 Å². The molecule has 0 fully saturated rings. The molecule has 2 aromatic carbocycles. The number of fused-ring (bicyclic) bond motifs is 1. The molecule has 1 aliphatic rings. The number of carbonyl (C=O) groups is 1. The van der Waals surface area contributed by atoms with Gasteiger partial charge in [-0.3, -0.25) is 4.79 Å². The van der Waals surface area contributed by atoms with Gasteiger partial charge in [-0.25, -0.2) is 0 Å². The number of benzene rings is 2. The van der Waals surface area contributed by atoms with E-state index in [2.05, 4.69) is 5.32 Å². The van der Waals surface area contributed by atoms with Gasteiger partial charge in [-0.2, -0.15) is 0 Å². The van der Waals surface area contributed by atoms with Crippen molar-refractivity contribution in [3.63, 3.8) is 0 Å². The van der Waals surface area contributed by atoms with E-state index in [1.807, 2.05) is 56.3 Å². The van der Waals surface area contributed by atoms with Crippen LogP contribution in [0.1, 0.15) is 29.2 Å². The number of hydrogen-bond donors (Lipinski definition) is 1. The van der Waals surface area contributed by atoms with Crippen molar-refractivity contribution >= 4 is 5.91 Å². The molecule has 0 aliphatic carbocycles. The summed E-state index contributed by atoms with van der Waals surface area (Å²) in [5, 5.41) is 3.04.